The third-order valence-electron chi connectivity index (χ3n) is 4.76. The number of nitrogens with one attached hydrogen (secondary N) is 1. The van der Waals surface area contributed by atoms with Gasteiger partial charge >= 0.3 is 6.09 Å². The molecule has 0 aromatic carbocycles. The number of amides is 1. The molecule has 0 aromatic rings. The number of rotatable bonds is 0. The summed E-state index contributed by atoms with van der Waals surface area (Å²) in [4.78, 5) is 13.8. The lowest BCUT2D eigenvalue weighted by Gasteiger charge is -2.52. The third-order valence-corrected chi connectivity index (χ3v) is 6.74. The van der Waals surface area contributed by atoms with Crippen molar-refractivity contribution in [2.24, 2.45) is 0 Å². The highest BCUT2D eigenvalue weighted by atomic mass is 32.2. The van der Waals surface area contributed by atoms with Crippen LogP contribution in [0.15, 0.2) is 0 Å². The molecule has 132 valence electrons. The normalized spacial score (nSPS) is 28.4. The first kappa shape index (κ1) is 17.0. The topological polar surface area (TPSA) is 84.9 Å². The maximum atomic E-state index is 12.1. The van der Waals surface area contributed by atoms with Gasteiger partial charge in [0.05, 0.1) is 29.3 Å². The molecular weight excluding hydrogens is 320 g/mol. The van der Waals surface area contributed by atoms with E-state index in [-0.39, 0.29) is 28.7 Å². The summed E-state index contributed by atoms with van der Waals surface area (Å²) in [6.07, 6.45) is 1.20. The van der Waals surface area contributed by atoms with Gasteiger partial charge in [-0.3, -0.25) is 0 Å². The van der Waals surface area contributed by atoms with Crippen LogP contribution in [0, 0.1) is 0 Å². The molecule has 1 N–H and O–H groups in total. The van der Waals surface area contributed by atoms with E-state index in [0.29, 0.717) is 26.2 Å². The van der Waals surface area contributed by atoms with Gasteiger partial charge in [0.1, 0.15) is 5.60 Å². The Morgan fingerprint density at radius 1 is 1.22 bits per heavy atom. The first-order chi connectivity index (χ1) is 10.5. The predicted molar refractivity (Wildman–Crippen MR) is 85.1 cm³/mol. The van der Waals surface area contributed by atoms with Gasteiger partial charge in [0.25, 0.3) is 0 Å². The Hall–Kier alpha value is -0.860. The van der Waals surface area contributed by atoms with Gasteiger partial charge in [0, 0.05) is 19.6 Å². The number of carbonyl (C=O) groups is 1. The molecule has 7 nitrogen and oxygen atoms in total. The first-order valence-electron chi connectivity index (χ1n) is 8.10. The minimum atomic E-state index is -2.88. The van der Waals surface area contributed by atoms with Gasteiger partial charge in [0.15, 0.2) is 9.84 Å². The van der Waals surface area contributed by atoms with Gasteiger partial charge in [0.2, 0.25) is 0 Å². The monoisotopic (exact) mass is 346 g/mol. The second-order valence-corrected chi connectivity index (χ2v) is 10.2. The highest BCUT2D eigenvalue weighted by Gasteiger charge is 2.54. The van der Waals surface area contributed by atoms with Crippen molar-refractivity contribution < 1.29 is 22.7 Å². The highest BCUT2D eigenvalue weighted by Crippen LogP contribution is 2.35. The number of ether oxygens (including phenoxy) is 2. The number of morpholine rings is 1. The van der Waals surface area contributed by atoms with E-state index < -0.39 is 15.4 Å². The van der Waals surface area contributed by atoms with Gasteiger partial charge in [-0.15, -0.1) is 0 Å². The van der Waals surface area contributed by atoms with Crippen molar-refractivity contribution in [3.63, 3.8) is 0 Å². The average molecular weight is 346 g/mol. The molecule has 0 aliphatic carbocycles. The van der Waals surface area contributed by atoms with Gasteiger partial charge in [-0.2, -0.15) is 0 Å². The van der Waals surface area contributed by atoms with Crippen LogP contribution in [0.25, 0.3) is 0 Å². The summed E-state index contributed by atoms with van der Waals surface area (Å²) in [7, 11) is -2.88. The fourth-order valence-electron chi connectivity index (χ4n) is 3.47. The standard InChI is InChI=1S/C15H26N2O5S/c1-13(2,3)22-12(18)17-6-4-15(5-7-17)8-16-14(9-21-15)10-23(19,20)11-14/h16H,4-11H2,1-3H3. The van der Waals surface area contributed by atoms with E-state index in [1.807, 2.05) is 20.8 Å². The largest absolute Gasteiger partial charge is 0.444 e. The van der Waals surface area contributed by atoms with Crippen molar-refractivity contribution in [1.29, 1.82) is 0 Å². The molecule has 0 aromatic heterocycles. The lowest BCUT2D eigenvalue weighted by molar-refractivity contribution is -0.128. The van der Waals surface area contributed by atoms with Gasteiger partial charge in [-0.25, -0.2) is 13.2 Å². The summed E-state index contributed by atoms with van der Waals surface area (Å²) in [5.74, 6) is 0.334. The van der Waals surface area contributed by atoms with Crippen LogP contribution < -0.4 is 5.32 Å². The molecule has 0 radical (unpaired) electrons. The lowest BCUT2D eigenvalue weighted by atomic mass is 9.87. The summed E-state index contributed by atoms with van der Waals surface area (Å²) < 4.78 is 34.3. The molecule has 8 heteroatoms. The second kappa shape index (κ2) is 5.32. The van der Waals surface area contributed by atoms with Crippen LogP contribution in [0.5, 0.6) is 0 Å². The zero-order chi connectivity index (χ0) is 16.9. The van der Waals surface area contributed by atoms with E-state index in [9.17, 15) is 13.2 Å². The zero-order valence-electron chi connectivity index (χ0n) is 14.1. The van der Waals surface area contributed by atoms with Crippen molar-refractivity contribution in [2.45, 2.75) is 50.4 Å². The molecule has 3 aliphatic heterocycles. The molecule has 3 fully saturated rings. The number of nitrogens with zero attached hydrogens (tertiary/aromatic N) is 1. The zero-order valence-corrected chi connectivity index (χ0v) is 14.9. The Kier molecular flexibility index (Phi) is 3.93. The quantitative estimate of drug-likeness (QED) is 0.689. The minimum absolute atomic E-state index is 0.167. The van der Waals surface area contributed by atoms with Crippen molar-refractivity contribution in [3.05, 3.63) is 0 Å². The maximum Gasteiger partial charge on any atom is 0.410 e. The van der Waals surface area contributed by atoms with E-state index in [1.54, 1.807) is 4.90 Å². The molecule has 3 saturated heterocycles. The number of carbonyl (C=O) groups excluding carboxylic acids is 1. The summed E-state index contributed by atoms with van der Waals surface area (Å²) in [5.41, 5.74) is -1.16. The number of sulfone groups is 1. The van der Waals surface area contributed by atoms with Crippen LogP contribution in [-0.4, -0.2) is 73.9 Å². The average Bonchev–Trinajstić information content (AvgIpc) is 2.39. The summed E-state index contributed by atoms with van der Waals surface area (Å²) in [6.45, 7) is 7.84. The Bertz CT molecular complexity index is 563. The third kappa shape index (κ3) is 3.64. The SMILES string of the molecule is CC(C)(C)OC(=O)N1CCC2(CC1)CNC1(CO2)CS(=O)(=O)C1. The smallest absolute Gasteiger partial charge is 0.410 e. The number of hydrogen-bond acceptors (Lipinski definition) is 6. The molecule has 3 aliphatic rings. The van der Waals surface area contributed by atoms with Gasteiger partial charge in [-0.1, -0.05) is 0 Å². The molecule has 3 heterocycles. The molecule has 1 amide bonds. The maximum absolute atomic E-state index is 12.1. The van der Waals surface area contributed by atoms with E-state index in [2.05, 4.69) is 5.32 Å². The predicted octanol–water partition coefficient (Wildman–Crippen LogP) is 0.543. The summed E-state index contributed by atoms with van der Waals surface area (Å²) in [6, 6.07) is 0. The molecular formula is C15H26N2O5S. The fourth-order valence-corrected chi connectivity index (χ4v) is 5.44. The Balaban J connectivity index is 1.51. The molecule has 0 saturated carbocycles. The molecule has 2 spiro atoms. The lowest BCUT2D eigenvalue weighted by Crippen LogP contribution is -2.73. The molecule has 0 unspecified atom stereocenters. The van der Waals surface area contributed by atoms with E-state index in [0.717, 1.165) is 12.8 Å². The fraction of sp³-hybridized carbons (Fsp3) is 0.933. The van der Waals surface area contributed by atoms with Crippen molar-refractivity contribution in [1.82, 2.24) is 10.2 Å². The van der Waals surface area contributed by atoms with Gasteiger partial charge in [-0.05, 0) is 33.6 Å². The highest BCUT2D eigenvalue weighted by molar-refractivity contribution is 7.93. The summed E-state index contributed by atoms with van der Waals surface area (Å²) in [5, 5.41) is 3.39. The molecule has 0 atom stereocenters. The molecule has 0 bridgehead atoms. The van der Waals surface area contributed by atoms with Crippen LogP contribution in [0.4, 0.5) is 4.79 Å². The molecule has 23 heavy (non-hydrogen) atoms. The van der Waals surface area contributed by atoms with Gasteiger partial charge < -0.3 is 19.7 Å². The van der Waals surface area contributed by atoms with E-state index >= 15 is 0 Å². The Morgan fingerprint density at radius 3 is 2.26 bits per heavy atom. The second-order valence-electron chi connectivity index (χ2n) is 8.11. The van der Waals surface area contributed by atoms with Crippen molar-refractivity contribution in [3.8, 4) is 0 Å². The van der Waals surface area contributed by atoms with E-state index in [1.165, 1.54) is 0 Å². The Labute approximate surface area is 137 Å². The van der Waals surface area contributed by atoms with Crippen LogP contribution in [0.1, 0.15) is 33.6 Å². The van der Waals surface area contributed by atoms with Crippen LogP contribution in [0.3, 0.4) is 0 Å². The number of hydrogen-bond donors (Lipinski definition) is 1. The first-order valence-corrected chi connectivity index (χ1v) is 9.92. The van der Waals surface area contributed by atoms with Crippen molar-refractivity contribution >= 4 is 15.9 Å². The molecule has 3 rings (SSSR count). The van der Waals surface area contributed by atoms with Crippen LogP contribution in [-0.2, 0) is 19.3 Å². The van der Waals surface area contributed by atoms with E-state index in [4.69, 9.17) is 9.47 Å². The minimum Gasteiger partial charge on any atom is -0.444 e. The van der Waals surface area contributed by atoms with Crippen LogP contribution in [0.2, 0.25) is 0 Å². The van der Waals surface area contributed by atoms with Crippen LogP contribution >= 0.6 is 0 Å². The number of likely N-dealkylation sites (tertiary alicyclic amines) is 1. The van der Waals surface area contributed by atoms with Crippen molar-refractivity contribution in [2.75, 3.05) is 37.7 Å². The summed E-state index contributed by atoms with van der Waals surface area (Å²) >= 11 is 0. The Morgan fingerprint density at radius 2 is 1.83 bits per heavy atom. The number of piperidine rings is 1.